The van der Waals surface area contributed by atoms with E-state index < -0.39 is 18.4 Å². The van der Waals surface area contributed by atoms with Gasteiger partial charge in [0.1, 0.15) is 12.4 Å². The molecule has 1 aromatic heterocycles. The standard InChI is InChI=1S/C20H23N3O7/c1-13(2)22-11-21(10-14-4-6-15(24)7-5-14)23-9-8-16(25)18(17(23)19(22)26)29-12-30-20(27)28-3/h4-9,13,24H,10-12H2,1-3H3. The first-order valence-corrected chi connectivity index (χ1v) is 9.25. The van der Waals surface area contributed by atoms with Gasteiger partial charge in [-0.3, -0.25) is 19.3 Å². The van der Waals surface area contributed by atoms with E-state index in [-0.39, 0.29) is 35.8 Å². The number of pyridine rings is 1. The van der Waals surface area contributed by atoms with E-state index in [9.17, 15) is 19.5 Å². The molecule has 10 nitrogen and oxygen atoms in total. The van der Waals surface area contributed by atoms with Crippen LogP contribution < -0.4 is 15.2 Å². The summed E-state index contributed by atoms with van der Waals surface area (Å²) in [5.74, 6) is -0.438. The van der Waals surface area contributed by atoms with Crippen LogP contribution in [0.25, 0.3) is 0 Å². The monoisotopic (exact) mass is 417 g/mol. The molecule has 0 radical (unpaired) electrons. The van der Waals surface area contributed by atoms with Gasteiger partial charge in [-0.1, -0.05) is 12.1 Å². The zero-order valence-corrected chi connectivity index (χ0v) is 16.9. The number of rotatable bonds is 6. The van der Waals surface area contributed by atoms with Gasteiger partial charge in [-0.25, -0.2) is 4.79 Å². The lowest BCUT2D eigenvalue weighted by molar-refractivity contribution is 0.0133. The molecular formula is C20H23N3O7. The molecule has 2 heterocycles. The Labute approximate surface area is 172 Å². The summed E-state index contributed by atoms with van der Waals surface area (Å²) in [6, 6.07) is 7.85. The maximum atomic E-state index is 13.1. The highest BCUT2D eigenvalue weighted by atomic mass is 16.8. The highest BCUT2D eigenvalue weighted by Gasteiger charge is 2.34. The number of aromatic hydroxyl groups is 1. The van der Waals surface area contributed by atoms with Crippen LogP contribution in [0.1, 0.15) is 29.9 Å². The van der Waals surface area contributed by atoms with Crippen molar-refractivity contribution in [2.75, 3.05) is 25.6 Å². The molecule has 1 aromatic carbocycles. The average Bonchev–Trinajstić information content (AvgIpc) is 2.72. The third kappa shape index (κ3) is 4.32. The van der Waals surface area contributed by atoms with Crippen molar-refractivity contribution in [2.24, 2.45) is 0 Å². The second kappa shape index (κ2) is 8.76. The molecule has 0 aliphatic carbocycles. The van der Waals surface area contributed by atoms with Gasteiger partial charge >= 0.3 is 6.16 Å². The van der Waals surface area contributed by atoms with Crippen molar-refractivity contribution in [1.29, 1.82) is 0 Å². The highest BCUT2D eigenvalue weighted by Crippen LogP contribution is 2.24. The molecule has 2 aromatic rings. The number of carbonyl (C=O) groups is 2. The number of nitrogens with zero attached hydrogens (tertiary/aromatic N) is 3. The molecule has 10 heteroatoms. The fourth-order valence-corrected chi connectivity index (χ4v) is 3.06. The lowest BCUT2D eigenvalue weighted by atomic mass is 10.2. The van der Waals surface area contributed by atoms with Crippen molar-refractivity contribution in [1.82, 2.24) is 9.58 Å². The van der Waals surface area contributed by atoms with Crippen molar-refractivity contribution in [3.05, 3.63) is 58.0 Å². The minimum atomic E-state index is -0.969. The Morgan fingerprint density at radius 1 is 1.17 bits per heavy atom. The third-order valence-electron chi connectivity index (χ3n) is 4.59. The number of benzene rings is 1. The predicted molar refractivity (Wildman–Crippen MR) is 106 cm³/mol. The van der Waals surface area contributed by atoms with Gasteiger partial charge in [0.2, 0.25) is 18.0 Å². The number of hydrogen-bond donors (Lipinski definition) is 1. The molecule has 0 atom stereocenters. The first-order valence-electron chi connectivity index (χ1n) is 9.25. The Morgan fingerprint density at radius 2 is 1.87 bits per heavy atom. The van der Waals surface area contributed by atoms with E-state index in [0.29, 0.717) is 6.54 Å². The number of ether oxygens (including phenoxy) is 3. The number of methoxy groups -OCH3 is 1. The molecule has 1 amide bonds. The molecule has 1 aliphatic rings. The number of phenolic OH excluding ortho intramolecular Hbond substituents is 1. The summed E-state index contributed by atoms with van der Waals surface area (Å²) in [5.41, 5.74) is 0.417. The Kier molecular flexibility index (Phi) is 6.14. The average molecular weight is 417 g/mol. The van der Waals surface area contributed by atoms with Gasteiger partial charge in [0.05, 0.1) is 13.7 Å². The smallest absolute Gasteiger partial charge is 0.508 e. The minimum absolute atomic E-state index is 0.0368. The second-order valence-corrected chi connectivity index (χ2v) is 6.90. The van der Waals surface area contributed by atoms with E-state index in [2.05, 4.69) is 4.74 Å². The van der Waals surface area contributed by atoms with E-state index in [0.717, 1.165) is 12.7 Å². The minimum Gasteiger partial charge on any atom is -0.508 e. The summed E-state index contributed by atoms with van der Waals surface area (Å²) in [7, 11) is 1.15. The van der Waals surface area contributed by atoms with Crippen molar-refractivity contribution in [2.45, 2.75) is 26.4 Å². The fourth-order valence-electron chi connectivity index (χ4n) is 3.06. The SMILES string of the molecule is COC(=O)OCOc1c2n(ccc1=O)N(Cc1ccc(O)cc1)CN(C(C)C)C2=O. The highest BCUT2D eigenvalue weighted by molar-refractivity contribution is 5.96. The molecule has 0 saturated heterocycles. The van der Waals surface area contributed by atoms with Crippen LogP contribution in [-0.2, 0) is 16.0 Å². The van der Waals surface area contributed by atoms with Crippen LogP contribution in [0.3, 0.4) is 0 Å². The molecule has 0 spiro atoms. The molecule has 0 fully saturated rings. The fraction of sp³-hybridized carbons (Fsp3) is 0.350. The zero-order chi connectivity index (χ0) is 21.8. The molecule has 0 bridgehead atoms. The first-order chi connectivity index (χ1) is 14.3. The maximum Gasteiger partial charge on any atom is 0.510 e. The summed E-state index contributed by atoms with van der Waals surface area (Å²) in [6.45, 7) is 3.85. The Balaban J connectivity index is 1.99. The largest absolute Gasteiger partial charge is 0.510 e. The lowest BCUT2D eigenvalue weighted by Gasteiger charge is -2.41. The molecule has 0 unspecified atom stereocenters. The Hall–Kier alpha value is -3.69. The number of phenols is 1. The molecule has 0 saturated carbocycles. The molecule has 1 aliphatic heterocycles. The normalized spacial score (nSPS) is 13.3. The molecule has 160 valence electrons. The van der Waals surface area contributed by atoms with Crippen LogP contribution >= 0.6 is 0 Å². The summed E-state index contributed by atoms with van der Waals surface area (Å²) in [5, 5.41) is 11.4. The van der Waals surface area contributed by atoms with Gasteiger partial charge in [0.15, 0.2) is 5.69 Å². The molecule has 1 N–H and O–H groups in total. The second-order valence-electron chi connectivity index (χ2n) is 6.90. The van der Waals surface area contributed by atoms with Crippen LogP contribution in [0.15, 0.2) is 41.3 Å². The number of aromatic nitrogens is 1. The van der Waals surface area contributed by atoms with E-state index in [1.807, 2.05) is 18.9 Å². The quantitative estimate of drug-likeness (QED) is 0.558. The zero-order valence-electron chi connectivity index (χ0n) is 16.9. The topological polar surface area (TPSA) is 111 Å². The van der Waals surface area contributed by atoms with E-state index in [4.69, 9.17) is 9.47 Å². The molecular weight excluding hydrogens is 394 g/mol. The maximum absolute atomic E-state index is 13.1. The molecule has 3 rings (SSSR count). The first kappa shape index (κ1) is 21.0. The van der Waals surface area contributed by atoms with Crippen molar-refractivity contribution >= 4 is 12.1 Å². The third-order valence-corrected chi connectivity index (χ3v) is 4.59. The van der Waals surface area contributed by atoms with Crippen molar-refractivity contribution in [3.63, 3.8) is 0 Å². The van der Waals surface area contributed by atoms with Crippen molar-refractivity contribution < 1.29 is 28.9 Å². The van der Waals surface area contributed by atoms with Crippen LogP contribution in [0.2, 0.25) is 0 Å². The summed E-state index contributed by atoms with van der Waals surface area (Å²) in [4.78, 5) is 38.3. The summed E-state index contributed by atoms with van der Waals surface area (Å²) < 4.78 is 16.0. The van der Waals surface area contributed by atoms with Crippen LogP contribution in [0.5, 0.6) is 11.5 Å². The van der Waals surface area contributed by atoms with E-state index >= 15 is 0 Å². The van der Waals surface area contributed by atoms with Crippen LogP contribution in [0, 0.1) is 0 Å². The Bertz CT molecular complexity index is 985. The molecule has 30 heavy (non-hydrogen) atoms. The van der Waals surface area contributed by atoms with Crippen molar-refractivity contribution in [3.8, 4) is 11.5 Å². The van der Waals surface area contributed by atoms with E-state index in [1.165, 1.54) is 12.3 Å². The van der Waals surface area contributed by atoms with Gasteiger partial charge in [-0.05, 0) is 31.5 Å². The van der Waals surface area contributed by atoms with Gasteiger partial charge in [-0.2, -0.15) is 0 Å². The predicted octanol–water partition coefficient (Wildman–Crippen LogP) is 1.63. The number of hydrogen-bond acceptors (Lipinski definition) is 8. The summed E-state index contributed by atoms with van der Waals surface area (Å²) >= 11 is 0. The summed E-state index contributed by atoms with van der Waals surface area (Å²) in [6.07, 6.45) is 0.533. The number of carbonyl (C=O) groups excluding carboxylic acids is 2. The van der Waals surface area contributed by atoms with Gasteiger partial charge in [-0.15, -0.1) is 0 Å². The van der Waals surface area contributed by atoms with Gasteiger partial charge in [0, 0.05) is 18.3 Å². The lowest BCUT2D eigenvalue weighted by Crippen LogP contribution is -2.55. The number of fused-ring (bicyclic) bond motifs is 1. The van der Waals surface area contributed by atoms with Gasteiger partial charge < -0.3 is 24.2 Å². The van der Waals surface area contributed by atoms with Gasteiger partial charge in [0.25, 0.3) is 5.91 Å². The van der Waals surface area contributed by atoms with E-state index in [1.54, 1.807) is 33.8 Å². The van der Waals surface area contributed by atoms with Crippen LogP contribution in [-0.4, -0.2) is 53.4 Å². The Morgan fingerprint density at radius 3 is 2.50 bits per heavy atom. The van der Waals surface area contributed by atoms with Crippen LogP contribution in [0.4, 0.5) is 4.79 Å². The number of amides is 1.